The molecule has 0 unspecified atom stereocenters. The van der Waals surface area contributed by atoms with Gasteiger partial charge in [0.05, 0.1) is 12.1 Å². The first-order valence-corrected chi connectivity index (χ1v) is 8.24. The summed E-state index contributed by atoms with van der Waals surface area (Å²) in [6.07, 6.45) is 3.05. The summed E-state index contributed by atoms with van der Waals surface area (Å²) in [6, 6.07) is 12.0. The summed E-state index contributed by atoms with van der Waals surface area (Å²) in [5.74, 6) is -1.70. The van der Waals surface area contributed by atoms with Crippen LogP contribution in [0.5, 0.6) is 0 Å². The number of halogens is 2. The Hall–Kier alpha value is -2.86. The van der Waals surface area contributed by atoms with E-state index in [1.54, 1.807) is 42.5 Å². The minimum Gasteiger partial charge on any atom is -0.481 e. The molecule has 0 atom stereocenters. The van der Waals surface area contributed by atoms with Crippen LogP contribution in [0.1, 0.15) is 15.4 Å². The van der Waals surface area contributed by atoms with Gasteiger partial charge in [-0.1, -0.05) is 18.2 Å². The van der Waals surface area contributed by atoms with E-state index in [1.165, 1.54) is 29.5 Å². The normalized spacial score (nSPS) is 11.1. The second kappa shape index (κ2) is 7.36. The molecule has 0 saturated carbocycles. The number of carbonyl (C=O) groups is 1. The molecule has 0 spiro atoms. The molecule has 0 bridgehead atoms. The van der Waals surface area contributed by atoms with Crippen LogP contribution in [0.15, 0.2) is 48.5 Å². The molecule has 0 aliphatic carbocycles. The molecule has 0 aliphatic heterocycles. The second-order valence-electron chi connectivity index (χ2n) is 5.26. The van der Waals surface area contributed by atoms with Gasteiger partial charge in [0, 0.05) is 16.0 Å². The minimum atomic E-state index is -0.975. The lowest BCUT2D eigenvalue weighted by Crippen LogP contribution is -1.99. The van der Waals surface area contributed by atoms with Gasteiger partial charge in [-0.2, -0.15) is 0 Å². The number of aliphatic carboxylic acids is 1. The Kier molecular flexibility index (Phi) is 5.00. The summed E-state index contributed by atoms with van der Waals surface area (Å²) in [4.78, 5) is 16.1. The van der Waals surface area contributed by atoms with Crippen LogP contribution in [0.2, 0.25) is 0 Å². The maximum atomic E-state index is 13.7. The molecule has 3 rings (SSSR count). The molecule has 0 amide bonds. The van der Waals surface area contributed by atoms with E-state index in [-0.39, 0.29) is 18.1 Å². The van der Waals surface area contributed by atoms with E-state index in [1.807, 2.05) is 0 Å². The lowest BCUT2D eigenvalue weighted by Gasteiger charge is -2.00. The van der Waals surface area contributed by atoms with E-state index < -0.39 is 5.97 Å². The van der Waals surface area contributed by atoms with Crippen LogP contribution in [0.4, 0.5) is 8.78 Å². The summed E-state index contributed by atoms with van der Waals surface area (Å²) in [5.41, 5.74) is 1.56. The highest BCUT2D eigenvalue weighted by molar-refractivity contribution is 7.13. The number of carboxylic acid groups (broad SMARTS) is 1. The molecule has 6 heteroatoms. The molecule has 3 nitrogen and oxygen atoms in total. The van der Waals surface area contributed by atoms with E-state index in [0.29, 0.717) is 26.7 Å². The Morgan fingerprint density at radius 2 is 1.80 bits per heavy atom. The molecule has 0 saturated heterocycles. The van der Waals surface area contributed by atoms with E-state index in [9.17, 15) is 13.6 Å². The van der Waals surface area contributed by atoms with Gasteiger partial charge in [0.25, 0.3) is 0 Å². The van der Waals surface area contributed by atoms with Gasteiger partial charge in [0.15, 0.2) is 0 Å². The SMILES string of the molecule is O=C(O)Cc1sc(/C=C/c2ccccc2F)nc1-c1ccc(F)cc1. The van der Waals surface area contributed by atoms with Crippen molar-refractivity contribution in [3.63, 3.8) is 0 Å². The first-order valence-electron chi connectivity index (χ1n) is 7.43. The molecule has 1 N–H and O–H groups in total. The average molecular weight is 357 g/mol. The number of carboxylic acids is 1. The Labute approximate surface area is 146 Å². The number of benzene rings is 2. The largest absolute Gasteiger partial charge is 0.481 e. The summed E-state index contributed by atoms with van der Waals surface area (Å²) in [7, 11) is 0. The smallest absolute Gasteiger partial charge is 0.308 e. The minimum absolute atomic E-state index is 0.183. The third-order valence-corrected chi connectivity index (χ3v) is 4.47. The fraction of sp³-hybridized carbons (Fsp3) is 0.0526. The fourth-order valence-electron chi connectivity index (χ4n) is 2.30. The van der Waals surface area contributed by atoms with Gasteiger partial charge < -0.3 is 5.11 Å². The van der Waals surface area contributed by atoms with Crippen LogP contribution in [0.3, 0.4) is 0 Å². The quantitative estimate of drug-likeness (QED) is 0.708. The summed E-state index contributed by atoms with van der Waals surface area (Å²) in [5, 5.41) is 9.64. The zero-order chi connectivity index (χ0) is 17.8. The third kappa shape index (κ3) is 4.16. The summed E-state index contributed by atoms with van der Waals surface area (Å²) < 4.78 is 26.8. The van der Waals surface area contributed by atoms with E-state index in [4.69, 9.17) is 5.11 Å². The van der Waals surface area contributed by atoms with Crippen molar-refractivity contribution in [3.05, 3.63) is 75.6 Å². The predicted molar refractivity (Wildman–Crippen MR) is 94.2 cm³/mol. The van der Waals surface area contributed by atoms with E-state index in [2.05, 4.69) is 4.98 Å². The van der Waals surface area contributed by atoms with Crippen LogP contribution < -0.4 is 0 Å². The Bertz CT molecular complexity index is 933. The number of aromatic nitrogens is 1. The maximum absolute atomic E-state index is 13.7. The lowest BCUT2D eigenvalue weighted by molar-refractivity contribution is -0.136. The maximum Gasteiger partial charge on any atom is 0.308 e. The molecule has 126 valence electrons. The monoisotopic (exact) mass is 357 g/mol. The van der Waals surface area contributed by atoms with Crippen LogP contribution >= 0.6 is 11.3 Å². The van der Waals surface area contributed by atoms with Crippen molar-refractivity contribution in [1.82, 2.24) is 4.98 Å². The molecule has 0 fully saturated rings. The first-order chi connectivity index (χ1) is 12.0. The van der Waals surface area contributed by atoms with Crippen molar-refractivity contribution in [2.45, 2.75) is 6.42 Å². The van der Waals surface area contributed by atoms with Crippen molar-refractivity contribution >= 4 is 29.5 Å². The fourth-order valence-corrected chi connectivity index (χ4v) is 3.28. The Balaban J connectivity index is 1.97. The van der Waals surface area contributed by atoms with Crippen molar-refractivity contribution in [3.8, 4) is 11.3 Å². The first kappa shape index (κ1) is 17.0. The van der Waals surface area contributed by atoms with Crippen molar-refractivity contribution in [2.24, 2.45) is 0 Å². The molecule has 0 radical (unpaired) electrons. The predicted octanol–water partition coefficient (Wildman–Crippen LogP) is 4.89. The molecular weight excluding hydrogens is 344 g/mol. The summed E-state index contributed by atoms with van der Waals surface area (Å²) in [6.45, 7) is 0. The van der Waals surface area contributed by atoms with Crippen LogP contribution in [0, 0.1) is 11.6 Å². The van der Waals surface area contributed by atoms with Crippen molar-refractivity contribution < 1.29 is 18.7 Å². The highest BCUT2D eigenvalue weighted by Crippen LogP contribution is 2.30. The summed E-state index contributed by atoms with van der Waals surface area (Å²) >= 11 is 1.22. The number of thiazole rings is 1. The molecular formula is C19H13F2NO2S. The lowest BCUT2D eigenvalue weighted by atomic mass is 10.1. The second-order valence-corrected chi connectivity index (χ2v) is 6.37. The van der Waals surface area contributed by atoms with Gasteiger partial charge in [-0.05, 0) is 42.5 Å². The van der Waals surface area contributed by atoms with Crippen LogP contribution in [-0.2, 0) is 11.2 Å². The molecule has 1 heterocycles. The van der Waals surface area contributed by atoms with Gasteiger partial charge >= 0.3 is 5.97 Å². The third-order valence-electron chi connectivity index (χ3n) is 3.45. The van der Waals surface area contributed by atoms with Gasteiger partial charge in [-0.3, -0.25) is 4.79 Å². The van der Waals surface area contributed by atoms with Gasteiger partial charge in [0.1, 0.15) is 16.6 Å². The zero-order valence-electron chi connectivity index (χ0n) is 12.9. The zero-order valence-corrected chi connectivity index (χ0v) is 13.8. The van der Waals surface area contributed by atoms with Crippen LogP contribution in [0.25, 0.3) is 23.4 Å². The molecule has 2 aromatic carbocycles. The van der Waals surface area contributed by atoms with Gasteiger partial charge in [-0.25, -0.2) is 13.8 Å². The molecule has 1 aromatic heterocycles. The molecule has 25 heavy (non-hydrogen) atoms. The number of hydrogen-bond donors (Lipinski definition) is 1. The van der Waals surface area contributed by atoms with Crippen LogP contribution in [-0.4, -0.2) is 16.1 Å². The Morgan fingerprint density at radius 3 is 2.48 bits per heavy atom. The highest BCUT2D eigenvalue weighted by Gasteiger charge is 2.15. The molecule has 0 aliphatic rings. The number of nitrogens with zero attached hydrogens (tertiary/aromatic N) is 1. The average Bonchev–Trinajstić information content (AvgIpc) is 2.97. The molecule has 3 aromatic rings. The van der Waals surface area contributed by atoms with Crippen molar-refractivity contribution in [1.29, 1.82) is 0 Å². The topological polar surface area (TPSA) is 50.2 Å². The Morgan fingerprint density at radius 1 is 1.08 bits per heavy atom. The van der Waals surface area contributed by atoms with Gasteiger partial charge in [-0.15, -0.1) is 11.3 Å². The number of rotatable bonds is 5. The standard InChI is InChI=1S/C19H13F2NO2S/c20-14-8-5-13(6-9-14)19-16(11-18(23)24)25-17(22-19)10-7-12-3-1-2-4-15(12)21/h1-10H,11H2,(H,23,24)/b10-7+. The highest BCUT2D eigenvalue weighted by atomic mass is 32.1. The van der Waals surface area contributed by atoms with E-state index >= 15 is 0 Å². The van der Waals surface area contributed by atoms with Gasteiger partial charge in [0.2, 0.25) is 0 Å². The van der Waals surface area contributed by atoms with Crippen molar-refractivity contribution in [2.75, 3.05) is 0 Å². The number of hydrogen-bond acceptors (Lipinski definition) is 3. The van der Waals surface area contributed by atoms with E-state index in [0.717, 1.165) is 0 Å².